The Labute approximate surface area is 193 Å². The van der Waals surface area contributed by atoms with E-state index in [1.807, 2.05) is 24.3 Å². The number of fused-ring (bicyclic) bond motifs is 1. The number of alkyl halides is 3. The van der Waals surface area contributed by atoms with Gasteiger partial charge in [-0.15, -0.1) is 0 Å². The topological polar surface area (TPSA) is 64.1 Å². The highest BCUT2D eigenvalue weighted by Crippen LogP contribution is 2.36. The first kappa shape index (κ1) is 23.0. The van der Waals surface area contributed by atoms with E-state index >= 15 is 0 Å². The molecule has 8 heteroatoms. The Kier molecular flexibility index (Phi) is 6.32. The lowest BCUT2D eigenvalue weighted by molar-refractivity contribution is -0.137. The summed E-state index contributed by atoms with van der Waals surface area (Å²) in [6, 6.07) is 12.4. The molecule has 2 aromatic heterocycles. The van der Waals surface area contributed by atoms with Crippen LogP contribution in [0.3, 0.4) is 0 Å². The molecule has 0 aliphatic carbocycles. The molecule has 0 unspecified atom stereocenters. The number of ketones is 1. The number of carbonyl (C=O) groups is 1. The number of methoxy groups -OCH3 is 1. The Morgan fingerprint density at radius 2 is 1.85 bits per heavy atom. The van der Waals surface area contributed by atoms with E-state index in [1.54, 1.807) is 37.8 Å². The SMILES string of the molecule is COc1cncc(-c2ccc3ncc(/C=C/C(C)=O)c(Nc4cccc(C(F)(F)F)c4)c3c2)c1. The Balaban J connectivity index is 1.88. The summed E-state index contributed by atoms with van der Waals surface area (Å²) in [5.74, 6) is 0.428. The fraction of sp³-hybridized carbons (Fsp3) is 0.115. The van der Waals surface area contributed by atoms with Gasteiger partial charge in [0.05, 0.1) is 30.1 Å². The first-order valence-corrected chi connectivity index (χ1v) is 10.3. The third kappa shape index (κ3) is 5.06. The molecule has 4 aromatic rings. The molecule has 0 amide bonds. The third-order valence-electron chi connectivity index (χ3n) is 5.14. The number of allylic oxidation sites excluding steroid dienone is 1. The van der Waals surface area contributed by atoms with Gasteiger partial charge in [0.1, 0.15) is 5.75 Å². The second-order valence-corrected chi connectivity index (χ2v) is 7.58. The first-order chi connectivity index (χ1) is 16.2. The van der Waals surface area contributed by atoms with Gasteiger partial charge in [-0.1, -0.05) is 12.1 Å². The summed E-state index contributed by atoms with van der Waals surface area (Å²) in [6.07, 6.45) is 3.36. The molecule has 0 fully saturated rings. The van der Waals surface area contributed by atoms with E-state index < -0.39 is 11.7 Å². The van der Waals surface area contributed by atoms with Crippen LogP contribution in [0.5, 0.6) is 5.75 Å². The number of aromatic nitrogens is 2. The fourth-order valence-electron chi connectivity index (χ4n) is 3.47. The van der Waals surface area contributed by atoms with E-state index in [1.165, 1.54) is 19.1 Å². The molecule has 0 radical (unpaired) electrons. The molecule has 0 aliphatic heterocycles. The molecule has 1 N–H and O–H groups in total. The molecule has 0 aliphatic rings. The molecule has 4 rings (SSSR count). The lowest BCUT2D eigenvalue weighted by atomic mass is 10.0. The number of halogens is 3. The molecule has 5 nitrogen and oxygen atoms in total. The zero-order valence-electron chi connectivity index (χ0n) is 18.4. The Morgan fingerprint density at radius 3 is 2.59 bits per heavy atom. The zero-order valence-corrected chi connectivity index (χ0v) is 18.4. The van der Waals surface area contributed by atoms with Gasteiger partial charge in [-0.25, -0.2) is 0 Å². The van der Waals surface area contributed by atoms with E-state index in [0.29, 0.717) is 27.9 Å². The molecule has 2 aromatic carbocycles. The molecular weight excluding hydrogens is 443 g/mol. The highest BCUT2D eigenvalue weighted by molar-refractivity contribution is 6.01. The quantitative estimate of drug-likeness (QED) is 0.324. The van der Waals surface area contributed by atoms with Crippen LogP contribution in [-0.2, 0) is 11.0 Å². The van der Waals surface area contributed by atoms with Crippen LogP contribution < -0.4 is 10.1 Å². The van der Waals surface area contributed by atoms with Crippen molar-refractivity contribution in [2.75, 3.05) is 12.4 Å². The van der Waals surface area contributed by atoms with Crippen molar-refractivity contribution in [3.8, 4) is 16.9 Å². The average molecular weight is 463 g/mol. The summed E-state index contributed by atoms with van der Waals surface area (Å²) in [5, 5.41) is 3.78. The Hall–Kier alpha value is -4.20. The van der Waals surface area contributed by atoms with Crippen LogP contribution in [0, 0.1) is 0 Å². The number of pyridine rings is 2. The van der Waals surface area contributed by atoms with Gasteiger partial charge in [0, 0.05) is 34.6 Å². The largest absolute Gasteiger partial charge is 0.495 e. The number of nitrogens with one attached hydrogen (secondary N) is 1. The maximum Gasteiger partial charge on any atom is 0.416 e. The minimum atomic E-state index is -4.47. The van der Waals surface area contributed by atoms with Crippen molar-refractivity contribution in [1.82, 2.24) is 9.97 Å². The van der Waals surface area contributed by atoms with Crippen molar-refractivity contribution < 1.29 is 22.7 Å². The summed E-state index contributed by atoms with van der Waals surface area (Å²) in [6.45, 7) is 1.42. The summed E-state index contributed by atoms with van der Waals surface area (Å²) in [7, 11) is 1.55. The van der Waals surface area contributed by atoms with Crippen LogP contribution >= 0.6 is 0 Å². The predicted octanol–water partition coefficient (Wildman–Crippen LogP) is 6.67. The number of ether oxygens (including phenoxy) is 1. The summed E-state index contributed by atoms with van der Waals surface area (Å²) in [4.78, 5) is 20.2. The van der Waals surface area contributed by atoms with Crippen molar-refractivity contribution in [1.29, 1.82) is 0 Å². The van der Waals surface area contributed by atoms with Gasteiger partial charge < -0.3 is 10.1 Å². The number of rotatable bonds is 6. The fourth-order valence-corrected chi connectivity index (χ4v) is 3.47. The van der Waals surface area contributed by atoms with E-state index in [0.717, 1.165) is 23.3 Å². The van der Waals surface area contributed by atoms with Crippen LogP contribution in [0.2, 0.25) is 0 Å². The summed E-state index contributed by atoms with van der Waals surface area (Å²) in [5.41, 5.74) is 2.83. The number of hydrogen-bond acceptors (Lipinski definition) is 5. The van der Waals surface area contributed by atoms with Crippen molar-refractivity contribution in [2.24, 2.45) is 0 Å². The smallest absolute Gasteiger partial charge is 0.416 e. The number of carbonyl (C=O) groups excluding carboxylic acids is 1. The van der Waals surface area contributed by atoms with Crippen LogP contribution in [0.4, 0.5) is 24.5 Å². The van der Waals surface area contributed by atoms with Gasteiger partial charge in [0.2, 0.25) is 0 Å². The van der Waals surface area contributed by atoms with Crippen LogP contribution in [0.1, 0.15) is 18.1 Å². The molecule has 34 heavy (non-hydrogen) atoms. The molecule has 0 atom stereocenters. The molecule has 172 valence electrons. The highest BCUT2D eigenvalue weighted by atomic mass is 19.4. The maximum absolute atomic E-state index is 13.2. The monoisotopic (exact) mass is 463 g/mol. The van der Waals surface area contributed by atoms with E-state index in [-0.39, 0.29) is 11.5 Å². The van der Waals surface area contributed by atoms with E-state index in [4.69, 9.17) is 4.74 Å². The number of anilines is 2. The van der Waals surface area contributed by atoms with Crippen molar-refractivity contribution in [3.63, 3.8) is 0 Å². The lowest BCUT2D eigenvalue weighted by Gasteiger charge is -2.15. The van der Waals surface area contributed by atoms with Crippen molar-refractivity contribution in [2.45, 2.75) is 13.1 Å². The van der Waals surface area contributed by atoms with Crippen LogP contribution in [0.15, 0.2) is 73.2 Å². The van der Waals surface area contributed by atoms with Gasteiger partial charge in [0.15, 0.2) is 5.78 Å². The van der Waals surface area contributed by atoms with Gasteiger partial charge in [0.25, 0.3) is 0 Å². The van der Waals surface area contributed by atoms with Crippen LogP contribution in [-0.4, -0.2) is 22.9 Å². The second-order valence-electron chi connectivity index (χ2n) is 7.58. The van der Waals surface area contributed by atoms with E-state index in [9.17, 15) is 18.0 Å². The maximum atomic E-state index is 13.2. The molecular formula is C26H20F3N3O2. The minimum absolute atomic E-state index is 0.165. The van der Waals surface area contributed by atoms with Crippen molar-refractivity contribution in [3.05, 3.63) is 84.3 Å². The molecule has 0 saturated heterocycles. The second kappa shape index (κ2) is 9.35. The van der Waals surface area contributed by atoms with Gasteiger partial charge in [-0.2, -0.15) is 13.2 Å². The van der Waals surface area contributed by atoms with Crippen LogP contribution in [0.25, 0.3) is 28.1 Å². The average Bonchev–Trinajstić information content (AvgIpc) is 2.83. The van der Waals surface area contributed by atoms with Gasteiger partial charge in [-0.05, 0) is 61.0 Å². The predicted molar refractivity (Wildman–Crippen MR) is 126 cm³/mol. The summed E-state index contributed by atoms with van der Waals surface area (Å²) >= 11 is 0. The molecule has 0 bridgehead atoms. The van der Waals surface area contributed by atoms with E-state index in [2.05, 4.69) is 15.3 Å². The number of benzene rings is 2. The standard InChI is InChI=1S/C26H20F3N3O2/c1-16(33)6-7-18-14-31-24-9-8-17(19-10-22(34-2)15-30-13-19)11-23(24)25(18)32-21-5-3-4-20(12-21)26(27,28)29/h3-15H,1-2H3,(H,31,32)/b7-6+. The zero-order chi connectivity index (χ0) is 24.3. The normalized spacial score (nSPS) is 11.7. The van der Waals surface area contributed by atoms with Gasteiger partial charge >= 0.3 is 6.18 Å². The Bertz CT molecular complexity index is 1400. The first-order valence-electron chi connectivity index (χ1n) is 10.3. The minimum Gasteiger partial charge on any atom is -0.495 e. The molecule has 2 heterocycles. The number of hydrogen-bond donors (Lipinski definition) is 1. The molecule has 0 spiro atoms. The molecule has 0 saturated carbocycles. The summed E-state index contributed by atoms with van der Waals surface area (Å²) < 4.78 is 45.0. The van der Waals surface area contributed by atoms with Gasteiger partial charge in [-0.3, -0.25) is 14.8 Å². The number of nitrogens with zero attached hydrogens (tertiary/aromatic N) is 2. The Morgan fingerprint density at radius 1 is 1.03 bits per heavy atom. The lowest BCUT2D eigenvalue weighted by Crippen LogP contribution is -2.05. The van der Waals surface area contributed by atoms with Crippen molar-refractivity contribution >= 4 is 34.1 Å². The highest BCUT2D eigenvalue weighted by Gasteiger charge is 2.30. The third-order valence-corrected chi connectivity index (χ3v) is 5.14.